The second-order valence-corrected chi connectivity index (χ2v) is 3.71. The molecule has 0 spiro atoms. The van der Waals surface area contributed by atoms with E-state index in [-0.39, 0.29) is 11.9 Å². The molecule has 1 rings (SSSR count). The average molecular weight is 216 g/mol. The number of methoxy groups -OCH3 is 1. The van der Waals surface area contributed by atoms with Crippen LogP contribution in [0.25, 0.3) is 0 Å². The van der Waals surface area contributed by atoms with Gasteiger partial charge in [-0.1, -0.05) is 25.4 Å². The maximum Gasteiger partial charge on any atom is 0.352 e. The lowest BCUT2D eigenvalue weighted by Gasteiger charge is -2.19. The van der Waals surface area contributed by atoms with Crippen LogP contribution in [0.2, 0.25) is 0 Å². The number of carbonyl (C=O) groups excluding carboxylic acids is 1. The quantitative estimate of drug-likeness (QED) is 0.664. The van der Waals surface area contributed by atoms with Crippen LogP contribution in [0, 0.1) is 5.92 Å². The van der Waals surface area contributed by atoms with Gasteiger partial charge in [0.1, 0.15) is 5.71 Å². The SMILES string of the molecule is CCC1=C(Cl)C(C)CC(C(=O)OC)=N1. The number of nitrogens with zero attached hydrogens (tertiary/aromatic N) is 1. The minimum atomic E-state index is -0.355. The van der Waals surface area contributed by atoms with Gasteiger partial charge in [0.05, 0.1) is 12.8 Å². The second-order valence-electron chi connectivity index (χ2n) is 3.30. The van der Waals surface area contributed by atoms with Gasteiger partial charge in [0.25, 0.3) is 0 Å². The second kappa shape index (κ2) is 4.60. The molecular weight excluding hydrogens is 202 g/mol. The number of hydrogen-bond acceptors (Lipinski definition) is 3. The third-order valence-corrected chi connectivity index (χ3v) is 2.82. The number of aliphatic imine (C=N–C) groups is 1. The Morgan fingerprint density at radius 1 is 1.71 bits per heavy atom. The normalized spacial score (nSPS) is 22.0. The third-order valence-electron chi connectivity index (χ3n) is 2.23. The van der Waals surface area contributed by atoms with Gasteiger partial charge in [-0.15, -0.1) is 0 Å². The first-order valence-electron chi connectivity index (χ1n) is 4.64. The topological polar surface area (TPSA) is 38.7 Å². The molecule has 3 nitrogen and oxygen atoms in total. The summed E-state index contributed by atoms with van der Waals surface area (Å²) in [4.78, 5) is 15.5. The van der Waals surface area contributed by atoms with E-state index in [2.05, 4.69) is 9.73 Å². The molecular formula is C10H14ClNO2. The summed E-state index contributed by atoms with van der Waals surface area (Å²) in [6, 6.07) is 0. The molecule has 0 radical (unpaired) electrons. The minimum Gasteiger partial charge on any atom is -0.465 e. The Labute approximate surface area is 88.8 Å². The minimum absolute atomic E-state index is 0.165. The molecule has 0 N–H and O–H groups in total. The van der Waals surface area contributed by atoms with Crippen molar-refractivity contribution in [3.63, 3.8) is 0 Å². The standard InChI is InChI=1S/C10H14ClNO2/c1-4-7-9(11)6(2)5-8(12-7)10(13)14-3/h6H,4-5H2,1-3H3. The molecule has 14 heavy (non-hydrogen) atoms. The molecule has 0 saturated carbocycles. The molecule has 4 heteroatoms. The number of allylic oxidation sites excluding steroid dienone is 2. The van der Waals surface area contributed by atoms with Gasteiger partial charge in [-0.3, -0.25) is 0 Å². The monoisotopic (exact) mass is 215 g/mol. The van der Waals surface area contributed by atoms with Gasteiger partial charge in [0.15, 0.2) is 0 Å². The van der Waals surface area contributed by atoms with Crippen LogP contribution in [-0.2, 0) is 9.53 Å². The molecule has 1 unspecified atom stereocenters. The van der Waals surface area contributed by atoms with Gasteiger partial charge < -0.3 is 4.74 Å². The Bertz CT molecular complexity index is 307. The maximum atomic E-state index is 11.3. The molecule has 0 aliphatic carbocycles. The Kier molecular flexibility index (Phi) is 3.69. The van der Waals surface area contributed by atoms with Crippen molar-refractivity contribution in [1.82, 2.24) is 0 Å². The molecule has 0 aromatic carbocycles. The van der Waals surface area contributed by atoms with Crippen LogP contribution in [0.3, 0.4) is 0 Å². The van der Waals surface area contributed by atoms with Crippen LogP contribution in [0.4, 0.5) is 0 Å². The van der Waals surface area contributed by atoms with Crippen LogP contribution in [0.1, 0.15) is 26.7 Å². The van der Waals surface area contributed by atoms with Crippen LogP contribution >= 0.6 is 11.6 Å². The van der Waals surface area contributed by atoms with Crippen molar-refractivity contribution in [3.05, 3.63) is 10.7 Å². The van der Waals surface area contributed by atoms with E-state index in [4.69, 9.17) is 11.6 Å². The fourth-order valence-electron chi connectivity index (χ4n) is 1.42. The predicted molar refractivity (Wildman–Crippen MR) is 56.4 cm³/mol. The molecule has 0 amide bonds. The van der Waals surface area contributed by atoms with Gasteiger partial charge in [-0.05, 0) is 12.3 Å². The third kappa shape index (κ3) is 2.15. The molecule has 0 fully saturated rings. The van der Waals surface area contributed by atoms with Crippen molar-refractivity contribution in [1.29, 1.82) is 0 Å². The summed E-state index contributed by atoms with van der Waals surface area (Å²) < 4.78 is 4.63. The van der Waals surface area contributed by atoms with E-state index in [9.17, 15) is 4.79 Å². The van der Waals surface area contributed by atoms with Gasteiger partial charge in [-0.2, -0.15) is 0 Å². The van der Waals surface area contributed by atoms with E-state index in [1.54, 1.807) is 0 Å². The van der Waals surface area contributed by atoms with Gasteiger partial charge in [0.2, 0.25) is 0 Å². The largest absolute Gasteiger partial charge is 0.465 e. The van der Waals surface area contributed by atoms with Crippen molar-refractivity contribution >= 4 is 23.3 Å². The lowest BCUT2D eigenvalue weighted by molar-refractivity contribution is -0.132. The molecule has 0 bridgehead atoms. The average Bonchev–Trinajstić information content (AvgIpc) is 2.20. The van der Waals surface area contributed by atoms with E-state index in [0.717, 1.165) is 17.2 Å². The summed E-state index contributed by atoms with van der Waals surface area (Å²) >= 11 is 6.07. The summed E-state index contributed by atoms with van der Waals surface area (Å²) in [5, 5.41) is 0.764. The smallest absolute Gasteiger partial charge is 0.352 e. The zero-order valence-electron chi connectivity index (χ0n) is 8.63. The number of rotatable bonds is 2. The van der Waals surface area contributed by atoms with Gasteiger partial charge in [-0.25, -0.2) is 9.79 Å². The molecule has 0 aromatic rings. The predicted octanol–water partition coefficient (Wildman–Crippen LogP) is 2.50. The fourth-order valence-corrected chi connectivity index (χ4v) is 1.67. The van der Waals surface area contributed by atoms with Crippen molar-refractivity contribution in [2.24, 2.45) is 10.9 Å². The molecule has 1 aliphatic rings. The van der Waals surface area contributed by atoms with Gasteiger partial charge in [0, 0.05) is 11.5 Å². The Morgan fingerprint density at radius 2 is 2.36 bits per heavy atom. The van der Waals surface area contributed by atoms with E-state index >= 15 is 0 Å². The number of hydrogen-bond donors (Lipinski definition) is 0. The summed E-state index contributed by atoms with van der Waals surface area (Å²) in [6.45, 7) is 3.95. The first-order valence-corrected chi connectivity index (χ1v) is 5.02. The Morgan fingerprint density at radius 3 is 2.86 bits per heavy atom. The van der Waals surface area contributed by atoms with E-state index in [0.29, 0.717) is 12.1 Å². The number of carbonyl (C=O) groups is 1. The maximum absolute atomic E-state index is 11.3. The first kappa shape index (κ1) is 11.2. The van der Waals surface area contributed by atoms with Crippen LogP contribution in [0.5, 0.6) is 0 Å². The molecule has 0 aromatic heterocycles. The number of esters is 1. The summed E-state index contributed by atoms with van der Waals surface area (Å²) in [5.41, 5.74) is 1.27. The van der Waals surface area contributed by atoms with Crippen molar-refractivity contribution in [2.75, 3.05) is 7.11 Å². The Hall–Kier alpha value is -0.830. The van der Waals surface area contributed by atoms with Crippen molar-refractivity contribution in [3.8, 4) is 0 Å². The molecule has 0 saturated heterocycles. The van der Waals surface area contributed by atoms with E-state index in [1.807, 2.05) is 13.8 Å². The zero-order valence-corrected chi connectivity index (χ0v) is 9.39. The lowest BCUT2D eigenvalue weighted by Crippen LogP contribution is -2.22. The molecule has 1 heterocycles. The van der Waals surface area contributed by atoms with Crippen LogP contribution < -0.4 is 0 Å². The molecule has 1 atom stereocenters. The van der Waals surface area contributed by atoms with E-state index in [1.165, 1.54) is 7.11 Å². The summed E-state index contributed by atoms with van der Waals surface area (Å²) in [7, 11) is 1.36. The highest BCUT2D eigenvalue weighted by Crippen LogP contribution is 2.30. The Balaban J connectivity index is 2.97. The highest BCUT2D eigenvalue weighted by Gasteiger charge is 2.24. The van der Waals surface area contributed by atoms with Crippen molar-refractivity contribution in [2.45, 2.75) is 26.7 Å². The van der Waals surface area contributed by atoms with Crippen LogP contribution in [-0.4, -0.2) is 18.8 Å². The highest BCUT2D eigenvalue weighted by atomic mass is 35.5. The summed E-state index contributed by atoms with van der Waals surface area (Å²) in [5.74, 6) is -0.190. The first-order chi connectivity index (χ1) is 6.60. The number of ether oxygens (including phenoxy) is 1. The molecule has 78 valence electrons. The van der Waals surface area contributed by atoms with Crippen LogP contribution in [0.15, 0.2) is 15.7 Å². The lowest BCUT2D eigenvalue weighted by atomic mass is 9.98. The fraction of sp³-hybridized carbons (Fsp3) is 0.600. The van der Waals surface area contributed by atoms with Gasteiger partial charge >= 0.3 is 5.97 Å². The number of halogens is 1. The summed E-state index contributed by atoms with van der Waals surface area (Å²) in [6.07, 6.45) is 1.30. The van der Waals surface area contributed by atoms with Crippen molar-refractivity contribution < 1.29 is 9.53 Å². The highest BCUT2D eigenvalue weighted by molar-refractivity contribution is 6.38. The molecule has 1 aliphatic heterocycles. The zero-order chi connectivity index (χ0) is 10.7. The van der Waals surface area contributed by atoms with E-state index < -0.39 is 0 Å².